The first-order chi connectivity index (χ1) is 9.51. The van der Waals surface area contributed by atoms with Gasteiger partial charge < -0.3 is 15.2 Å². The molecular formula is C10H12F2N4O4. The summed E-state index contributed by atoms with van der Waals surface area (Å²) in [7, 11) is 0. The van der Waals surface area contributed by atoms with Crippen LogP contribution in [0.15, 0.2) is 12.3 Å². The molecule has 0 saturated carbocycles. The van der Waals surface area contributed by atoms with Crippen LogP contribution in [-0.4, -0.2) is 46.1 Å². The summed E-state index contributed by atoms with van der Waals surface area (Å²) in [4.78, 5) is 22.9. The maximum atomic E-state index is 12.3. The number of nitrogens with zero attached hydrogens (tertiary/aromatic N) is 2. The van der Waals surface area contributed by atoms with Gasteiger partial charge in [-0.2, -0.15) is 13.9 Å². The lowest BCUT2D eigenvalue weighted by molar-refractivity contribution is -0.139. The lowest BCUT2D eigenvalue weighted by Crippen LogP contribution is -2.45. The van der Waals surface area contributed by atoms with Gasteiger partial charge in [-0.3, -0.25) is 5.32 Å². The van der Waals surface area contributed by atoms with Crippen LogP contribution in [0.2, 0.25) is 0 Å². The van der Waals surface area contributed by atoms with E-state index in [9.17, 15) is 18.4 Å². The van der Waals surface area contributed by atoms with Crippen molar-refractivity contribution in [3.05, 3.63) is 12.3 Å². The molecular weight excluding hydrogens is 278 g/mol. The van der Waals surface area contributed by atoms with Gasteiger partial charge >= 0.3 is 18.5 Å². The molecule has 2 heterocycles. The molecule has 110 valence electrons. The van der Waals surface area contributed by atoms with Gasteiger partial charge in [0.15, 0.2) is 5.82 Å². The number of rotatable bonds is 4. The van der Waals surface area contributed by atoms with E-state index in [1.807, 2.05) is 0 Å². The summed E-state index contributed by atoms with van der Waals surface area (Å²) in [5.41, 5.74) is 0. The number of nitrogens with one attached hydrogen (secondary N) is 2. The zero-order chi connectivity index (χ0) is 14.7. The van der Waals surface area contributed by atoms with Gasteiger partial charge in [0.1, 0.15) is 6.04 Å². The van der Waals surface area contributed by atoms with Crippen molar-refractivity contribution in [2.24, 2.45) is 5.92 Å². The fraction of sp³-hybridized carbons (Fsp3) is 0.500. The number of amides is 2. The molecule has 0 radical (unpaired) electrons. The van der Waals surface area contributed by atoms with Crippen molar-refractivity contribution in [1.82, 2.24) is 15.1 Å². The summed E-state index contributed by atoms with van der Waals surface area (Å²) in [6.07, 6.45) is 1.00. The second-order valence-corrected chi connectivity index (χ2v) is 4.11. The highest BCUT2D eigenvalue weighted by Crippen LogP contribution is 2.15. The molecule has 2 atom stereocenters. The van der Waals surface area contributed by atoms with Crippen LogP contribution < -0.4 is 10.6 Å². The number of esters is 1. The zero-order valence-electron chi connectivity index (χ0n) is 10.1. The number of aliphatic hydroxyl groups excluding tert-OH is 1. The first kappa shape index (κ1) is 14.2. The number of alkyl halides is 2. The maximum Gasteiger partial charge on any atom is 0.333 e. The Hall–Kier alpha value is -2.23. The van der Waals surface area contributed by atoms with Gasteiger partial charge in [-0.25, -0.2) is 14.3 Å². The van der Waals surface area contributed by atoms with Crippen molar-refractivity contribution in [1.29, 1.82) is 0 Å². The van der Waals surface area contributed by atoms with Gasteiger partial charge in [0, 0.05) is 18.2 Å². The number of cyclic esters (lactones) is 1. The van der Waals surface area contributed by atoms with Crippen LogP contribution >= 0.6 is 0 Å². The van der Waals surface area contributed by atoms with E-state index < -0.39 is 30.5 Å². The highest BCUT2D eigenvalue weighted by atomic mass is 19.3. The van der Waals surface area contributed by atoms with Gasteiger partial charge in [0.05, 0.1) is 13.2 Å². The molecule has 1 aliphatic rings. The third-order valence-corrected chi connectivity index (χ3v) is 2.74. The van der Waals surface area contributed by atoms with Gasteiger partial charge in [-0.15, -0.1) is 0 Å². The second-order valence-electron chi connectivity index (χ2n) is 4.11. The summed E-state index contributed by atoms with van der Waals surface area (Å²) < 4.78 is 29.6. The quantitative estimate of drug-likeness (QED) is 0.673. The standard InChI is InChI=1S/C10H12F2N4O4/c11-9(12)16-2-1-6(15-16)13-10(19)14-7-5(3-17)4-20-8(7)18/h1-2,5,7,9,17H,3-4H2,(H2,13,14,15,19)/t5-,7-/m1/s1. The minimum absolute atomic E-state index is 0.0142. The van der Waals surface area contributed by atoms with Crippen LogP contribution in [0.3, 0.4) is 0 Å². The number of carbonyl (C=O) groups is 2. The van der Waals surface area contributed by atoms with Crippen LogP contribution in [0.1, 0.15) is 6.55 Å². The molecule has 0 bridgehead atoms. The van der Waals surface area contributed by atoms with E-state index in [1.165, 1.54) is 6.07 Å². The minimum Gasteiger partial charge on any atom is -0.464 e. The summed E-state index contributed by atoms with van der Waals surface area (Å²) in [6.45, 7) is -3.12. The molecule has 0 aliphatic carbocycles. The number of ether oxygens (including phenoxy) is 1. The van der Waals surface area contributed by atoms with Crippen molar-refractivity contribution in [3.8, 4) is 0 Å². The number of halogens is 2. The molecule has 1 aromatic heterocycles. The Kier molecular flexibility index (Phi) is 4.13. The van der Waals surface area contributed by atoms with Crippen LogP contribution in [0.25, 0.3) is 0 Å². The Bertz CT molecular complexity index is 507. The number of hydrogen-bond acceptors (Lipinski definition) is 5. The largest absolute Gasteiger partial charge is 0.464 e. The lowest BCUT2D eigenvalue weighted by Gasteiger charge is -2.14. The van der Waals surface area contributed by atoms with Crippen molar-refractivity contribution in [3.63, 3.8) is 0 Å². The third-order valence-electron chi connectivity index (χ3n) is 2.74. The topological polar surface area (TPSA) is 105 Å². The average molecular weight is 290 g/mol. The summed E-state index contributed by atoms with van der Waals surface area (Å²) >= 11 is 0. The monoisotopic (exact) mass is 290 g/mol. The molecule has 8 nitrogen and oxygen atoms in total. The zero-order valence-corrected chi connectivity index (χ0v) is 10.1. The molecule has 1 saturated heterocycles. The number of anilines is 1. The van der Waals surface area contributed by atoms with E-state index in [0.29, 0.717) is 4.68 Å². The van der Waals surface area contributed by atoms with Gasteiger partial charge in [0.2, 0.25) is 0 Å². The Morgan fingerprint density at radius 3 is 3.00 bits per heavy atom. The molecule has 0 unspecified atom stereocenters. The van der Waals surface area contributed by atoms with E-state index in [2.05, 4.69) is 15.7 Å². The predicted octanol–water partition coefficient (Wildman–Crippen LogP) is -0.0664. The van der Waals surface area contributed by atoms with Crippen molar-refractivity contribution in [2.75, 3.05) is 18.5 Å². The lowest BCUT2D eigenvalue weighted by atomic mass is 10.1. The average Bonchev–Trinajstić information content (AvgIpc) is 2.98. The fourth-order valence-corrected chi connectivity index (χ4v) is 1.71. The van der Waals surface area contributed by atoms with E-state index in [1.54, 1.807) is 0 Å². The maximum absolute atomic E-state index is 12.3. The second kappa shape index (κ2) is 5.82. The Morgan fingerprint density at radius 2 is 2.40 bits per heavy atom. The number of urea groups is 1. The Balaban J connectivity index is 1.93. The molecule has 0 spiro atoms. The Morgan fingerprint density at radius 1 is 1.65 bits per heavy atom. The smallest absolute Gasteiger partial charge is 0.333 e. The molecule has 20 heavy (non-hydrogen) atoms. The number of carbonyl (C=O) groups excluding carboxylic acids is 2. The predicted molar refractivity (Wildman–Crippen MR) is 61.0 cm³/mol. The molecule has 1 aromatic rings. The van der Waals surface area contributed by atoms with Gasteiger partial charge in [-0.1, -0.05) is 0 Å². The van der Waals surface area contributed by atoms with Crippen LogP contribution in [0, 0.1) is 5.92 Å². The minimum atomic E-state index is -2.81. The molecule has 10 heteroatoms. The summed E-state index contributed by atoms with van der Waals surface area (Å²) in [5, 5.41) is 16.9. The third kappa shape index (κ3) is 3.02. The Labute approximate surface area is 111 Å². The van der Waals surface area contributed by atoms with Crippen molar-refractivity contribution < 1.29 is 28.2 Å². The van der Waals surface area contributed by atoms with Crippen LogP contribution in [-0.2, 0) is 9.53 Å². The summed E-state index contributed by atoms with van der Waals surface area (Å²) in [5.74, 6) is -1.28. The van der Waals surface area contributed by atoms with E-state index in [0.717, 1.165) is 6.20 Å². The fourth-order valence-electron chi connectivity index (χ4n) is 1.71. The highest BCUT2D eigenvalue weighted by Gasteiger charge is 2.37. The molecule has 2 rings (SSSR count). The normalized spacial score (nSPS) is 21.9. The summed E-state index contributed by atoms with van der Waals surface area (Å²) in [6, 6.07) is -0.591. The molecule has 0 aromatic carbocycles. The molecule has 2 amide bonds. The van der Waals surface area contributed by atoms with E-state index in [-0.39, 0.29) is 19.0 Å². The first-order valence-corrected chi connectivity index (χ1v) is 5.69. The first-order valence-electron chi connectivity index (χ1n) is 5.69. The van der Waals surface area contributed by atoms with Crippen molar-refractivity contribution >= 4 is 17.8 Å². The van der Waals surface area contributed by atoms with Crippen LogP contribution in [0.5, 0.6) is 0 Å². The number of hydrogen-bond donors (Lipinski definition) is 3. The SMILES string of the molecule is O=C(Nc1ccn(C(F)F)n1)N[C@H]1C(=O)OC[C@H]1CO. The van der Waals surface area contributed by atoms with Gasteiger partial charge in [0.25, 0.3) is 0 Å². The van der Waals surface area contributed by atoms with Crippen molar-refractivity contribution in [2.45, 2.75) is 12.6 Å². The molecule has 3 N–H and O–H groups in total. The van der Waals surface area contributed by atoms with E-state index >= 15 is 0 Å². The molecule has 1 fully saturated rings. The molecule has 1 aliphatic heterocycles. The number of aromatic nitrogens is 2. The highest BCUT2D eigenvalue weighted by molar-refractivity contribution is 5.92. The van der Waals surface area contributed by atoms with Crippen LogP contribution in [0.4, 0.5) is 19.4 Å². The van der Waals surface area contributed by atoms with E-state index in [4.69, 9.17) is 9.84 Å². The van der Waals surface area contributed by atoms with Gasteiger partial charge in [-0.05, 0) is 0 Å². The number of aliphatic hydroxyl groups is 1.